The first-order valence-electron chi connectivity index (χ1n) is 6.64. The smallest absolute Gasteiger partial charge is 0.162 e. The fourth-order valence-electron chi connectivity index (χ4n) is 2.39. The van der Waals surface area contributed by atoms with E-state index in [0.29, 0.717) is 6.42 Å². The molecule has 0 aliphatic heterocycles. The van der Waals surface area contributed by atoms with Gasteiger partial charge in [-0.25, -0.2) is 4.39 Å². The number of aryl methyl sites for hydroxylation is 1. The third-order valence-electron chi connectivity index (χ3n) is 3.56. The van der Waals surface area contributed by atoms with E-state index in [2.05, 4.69) is 6.08 Å². The van der Waals surface area contributed by atoms with Crippen molar-refractivity contribution in [2.75, 3.05) is 0 Å². The van der Waals surface area contributed by atoms with E-state index in [1.165, 1.54) is 25.0 Å². The molecular weight excluding hydrogens is 227 g/mol. The van der Waals surface area contributed by atoms with E-state index in [4.69, 9.17) is 0 Å². The highest BCUT2D eigenvalue weighted by Crippen LogP contribution is 2.20. The molecule has 0 saturated carbocycles. The zero-order chi connectivity index (χ0) is 13.0. The summed E-state index contributed by atoms with van der Waals surface area (Å²) in [7, 11) is 0. The number of benzene rings is 1. The molecule has 1 aromatic rings. The van der Waals surface area contributed by atoms with Crippen molar-refractivity contribution in [1.82, 2.24) is 0 Å². The summed E-state index contributed by atoms with van der Waals surface area (Å²) < 4.78 is 13.2. The Bertz CT molecular complexity index is 474. The molecule has 1 aliphatic rings. The van der Waals surface area contributed by atoms with Gasteiger partial charge in [-0.15, -0.1) is 0 Å². The Balaban J connectivity index is 2.10. The van der Waals surface area contributed by atoms with Gasteiger partial charge in [0.1, 0.15) is 5.82 Å². The van der Waals surface area contributed by atoms with Gasteiger partial charge in [0, 0.05) is 6.42 Å². The van der Waals surface area contributed by atoms with Crippen molar-refractivity contribution in [3.05, 3.63) is 46.8 Å². The summed E-state index contributed by atoms with van der Waals surface area (Å²) >= 11 is 0. The maximum absolute atomic E-state index is 13.2. The standard InChI is InChI=1S/C16H19FO/c1-12-8-9-15(17)10-14(12)11-16(18)13-6-4-2-3-5-7-13/h6,8-10H,2-5,7,11H2,1H3. The third kappa shape index (κ3) is 3.28. The van der Waals surface area contributed by atoms with Gasteiger partial charge in [-0.1, -0.05) is 18.6 Å². The summed E-state index contributed by atoms with van der Waals surface area (Å²) in [5, 5.41) is 0. The van der Waals surface area contributed by atoms with Crippen LogP contribution in [0.4, 0.5) is 4.39 Å². The van der Waals surface area contributed by atoms with Crippen molar-refractivity contribution in [3.63, 3.8) is 0 Å². The fourth-order valence-corrected chi connectivity index (χ4v) is 2.39. The SMILES string of the molecule is Cc1ccc(F)cc1CC(=O)C1=CCCCCC1. The average Bonchev–Trinajstić information content (AvgIpc) is 2.62. The van der Waals surface area contributed by atoms with E-state index in [-0.39, 0.29) is 11.6 Å². The van der Waals surface area contributed by atoms with Crippen LogP contribution in [0, 0.1) is 12.7 Å². The van der Waals surface area contributed by atoms with Gasteiger partial charge in [-0.05, 0) is 61.4 Å². The topological polar surface area (TPSA) is 17.1 Å². The lowest BCUT2D eigenvalue weighted by Crippen LogP contribution is -2.07. The molecule has 0 bridgehead atoms. The Morgan fingerprint density at radius 2 is 2.11 bits per heavy atom. The quantitative estimate of drug-likeness (QED) is 0.783. The first-order chi connectivity index (χ1) is 8.66. The van der Waals surface area contributed by atoms with Gasteiger partial charge in [0.25, 0.3) is 0 Å². The Kier molecular flexibility index (Phi) is 4.29. The van der Waals surface area contributed by atoms with Gasteiger partial charge < -0.3 is 0 Å². The number of carbonyl (C=O) groups excluding carboxylic acids is 1. The summed E-state index contributed by atoms with van der Waals surface area (Å²) in [4.78, 5) is 12.2. The monoisotopic (exact) mass is 246 g/mol. The first kappa shape index (κ1) is 13.0. The summed E-state index contributed by atoms with van der Waals surface area (Å²) in [5.74, 6) is -0.108. The van der Waals surface area contributed by atoms with Crippen LogP contribution < -0.4 is 0 Å². The Labute approximate surface area is 108 Å². The molecule has 0 N–H and O–H groups in total. The summed E-state index contributed by atoms with van der Waals surface area (Å²) in [6, 6.07) is 4.65. The lowest BCUT2D eigenvalue weighted by atomic mass is 9.97. The van der Waals surface area contributed by atoms with Crippen LogP contribution in [0.25, 0.3) is 0 Å². The minimum atomic E-state index is -0.266. The second kappa shape index (κ2) is 5.94. The molecule has 0 aromatic heterocycles. The van der Waals surface area contributed by atoms with Crippen molar-refractivity contribution in [3.8, 4) is 0 Å². The Morgan fingerprint density at radius 1 is 1.28 bits per heavy atom. The second-order valence-electron chi connectivity index (χ2n) is 5.00. The Hall–Kier alpha value is -1.44. The molecule has 0 atom stereocenters. The molecular formula is C16H19FO. The number of hydrogen-bond acceptors (Lipinski definition) is 1. The van der Waals surface area contributed by atoms with E-state index < -0.39 is 0 Å². The summed E-state index contributed by atoms with van der Waals surface area (Å²) in [6.07, 6.45) is 7.76. The van der Waals surface area contributed by atoms with Gasteiger partial charge in [0.05, 0.1) is 0 Å². The highest BCUT2D eigenvalue weighted by molar-refractivity contribution is 5.96. The molecule has 2 heteroatoms. The molecule has 1 aromatic carbocycles. The number of halogens is 1. The van der Waals surface area contributed by atoms with E-state index >= 15 is 0 Å². The molecule has 2 rings (SSSR count). The number of Topliss-reactive ketones (excluding diaryl/α,β-unsaturated/α-hetero) is 1. The maximum Gasteiger partial charge on any atom is 0.162 e. The average molecular weight is 246 g/mol. The van der Waals surface area contributed by atoms with Crippen LogP contribution in [0.2, 0.25) is 0 Å². The van der Waals surface area contributed by atoms with Crippen LogP contribution in [0.3, 0.4) is 0 Å². The highest BCUT2D eigenvalue weighted by Gasteiger charge is 2.13. The molecule has 0 radical (unpaired) electrons. The first-order valence-corrected chi connectivity index (χ1v) is 6.64. The molecule has 18 heavy (non-hydrogen) atoms. The predicted octanol–water partition coefficient (Wildman–Crippen LogP) is 4.14. The van der Waals surface area contributed by atoms with E-state index in [9.17, 15) is 9.18 Å². The lowest BCUT2D eigenvalue weighted by molar-refractivity contribution is -0.115. The van der Waals surface area contributed by atoms with Gasteiger partial charge in [-0.3, -0.25) is 4.79 Å². The van der Waals surface area contributed by atoms with Crippen molar-refractivity contribution in [2.24, 2.45) is 0 Å². The highest BCUT2D eigenvalue weighted by atomic mass is 19.1. The molecule has 0 spiro atoms. The molecule has 1 nitrogen and oxygen atoms in total. The van der Waals surface area contributed by atoms with Crippen LogP contribution in [-0.2, 0) is 11.2 Å². The molecule has 1 aliphatic carbocycles. The van der Waals surface area contributed by atoms with Gasteiger partial charge in [0.15, 0.2) is 5.78 Å². The normalized spacial score (nSPS) is 16.0. The predicted molar refractivity (Wildman–Crippen MR) is 71.0 cm³/mol. The number of allylic oxidation sites excluding steroid dienone is 2. The van der Waals surface area contributed by atoms with Crippen molar-refractivity contribution in [2.45, 2.75) is 45.4 Å². The van der Waals surface area contributed by atoms with Crippen molar-refractivity contribution in [1.29, 1.82) is 0 Å². The van der Waals surface area contributed by atoms with Crippen LogP contribution >= 0.6 is 0 Å². The zero-order valence-electron chi connectivity index (χ0n) is 10.8. The maximum atomic E-state index is 13.2. The largest absolute Gasteiger partial charge is 0.294 e. The van der Waals surface area contributed by atoms with Gasteiger partial charge in [-0.2, -0.15) is 0 Å². The Morgan fingerprint density at radius 3 is 2.94 bits per heavy atom. The summed E-state index contributed by atoms with van der Waals surface area (Å²) in [5.41, 5.74) is 2.74. The molecule has 0 unspecified atom stereocenters. The van der Waals surface area contributed by atoms with E-state index in [0.717, 1.165) is 36.0 Å². The van der Waals surface area contributed by atoms with Crippen molar-refractivity contribution >= 4 is 5.78 Å². The number of rotatable bonds is 3. The van der Waals surface area contributed by atoms with Crippen LogP contribution in [-0.4, -0.2) is 5.78 Å². The molecule has 0 heterocycles. The van der Waals surface area contributed by atoms with Crippen LogP contribution in [0.5, 0.6) is 0 Å². The molecule has 0 amide bonds. The van der Waals surface area contributed by atoms with Crippen LogP contribution in [0.15, 0.2) is 29.8 Å². The minimum absolute atomic E-state index is 0.158. The fraction of sp³-hybridized carbons (Fsp3) is 0.438. The van der Waals surface area contributed by atoms with Crippen LogP contribution in [0.1, 0.15) is 43.2 Å². The molecule has 0 saturated heterocycles. The molecule has 0 fully saturated rings. The number of hydrogen-bond donors (Lipinski definition) is 0. The molecule has 96 valence electrons. The van der Waals surface area contributed by atoms with E-state index in [1.54, 1.807) is 6.07 Å². The lowest BCUT2D eigenvalue weighted by Gasteiger charge is -2.07. The minimum Gasteiger partial charge on any atom is -0.294 e. The van der Waals surface area contributed by atoms with Gasteiger partial charge >= 0.3 is 0 Å². The van der Waals surface area contributed by atoms with E-state index in [1.807, 2.05) is 6.92 Å². The number of ketones is 1. The zero-order valence-corrected chi connectivity index (χ0v) is 10.8. The second-order valence-corrected chi connectivity index (χ2v) is 5.00. The van der Waals surface area contributed by atoms with Crippen molar-refractivity contribution < 1.29 is 9.18 Å². The van der Waals surface area contributed by atoms with Gasteiger partial charge in [0.2, 0.25) is 0 Å². The number of carbonyl (C=O) groups is 1. The summed E-state index contributed by atoms with van der Waals surface area (Å²) in [6.45, 7) is 1.92. The third-order valence-corrected chi connectivity index (χ3v) is 3.56.